The Balaban J connectivity index is 1.76. The smallest absolute Gasteiger partial charge is 0.223 e. The number of nitrogens with zero attached hydrogens (tertiary/aromatic N) is 2. The Bertz CT molecular complexity index is 991. The molecule has 1 unspecified atom stereocenters. The average molecular weight is 394 g/mol. The largest absolute Gasteiger partial charge is 0.333 e. The molecular weight excluding hydrogens is 374 g/mol. The highest BCUT2D eigenvalue weighted by atomic mass is 19.1. The number of amides is 1. The minimum absolute atomic E-state index is 0.00705. The van der Waals surface area contributed by atoms with Crippen LogP contribution in [0.25, 0.3) is 0 Å². The van der Waals surface area contributed by atoms with E-state index >= 15 is 0 Å². The van der Waals surface area contributed by atoms with E-state index in [9.17, 15) is 18.4 Å². The molecule has 0 saturated carbocycles. The molecule has 0 fully saturated rings. The predicted octanol–water partition coefficient (Wildman–Crippen LogP) is 4.57. The Kier molecular flexibility index (Phi) is 6.44. The highest BCUT2D eigenvalue weighted by molar-refractivity contribution is 5.97. The Morgan fingerprint density at radius 3 is 2.34 bits per heavy atom. The van der Waals surface area contributed by atoms with Crippen molar-refractivity contribution in [2.24, 2.45) is 0 Å². The van der Waals surface area contributed by atoms with E-state index in [-0.39, 0.29) is 24.5 Å². The molecule has 2 aromatic carbocycles. The van der Waals surface area contributed by atoms with E-state index in [1.54, 1.807) is 43.6 Å². The first-order valence-corrected chi connectivity index (χ1v) is 9.16. The van der Waals surface area contributed by atoms with Gasteiger partial charge in [0.15, 0.2) is 5.78 Å². The second-order valence-electron chi connectivity index (χ2n) is 6.65. The number of rotatable bonds is 7. The van der Waals surface area contributed by atoms with Gasteiger partial charge in [0, 0.05) is 31.6 Å². The third-order valence-electron chi connectivity index (χ3n) is 4.65. The van der Waals surface area contributed by atoms with Crippen LogP contribution in [0.1, 0.15) is 40.5 Å². The SMILES string of the molecule is CN(C(=O)CCC(=O)c1ccc(F)cc1)C(c1cccc(F)c1)c1ccccn1. The minimum Gasteiger partial charge on any atom is -0.333 e. The highest BCUT2D eigenvalue weighted by Gasteiger charge is 2.25. The standard InChI is InChI=1S/C23H20F2N2O2/c1-27(22(29)13-12-21(28)16-8-10-18(24)11-9-16)23(20-7-2-3-14-26-20)17-5-4-6-19(25)15-17/h2-11,14-15,23H,12-13H2,1H3. The van der Waals surface area contributed by atoms with Crippen LogP contribution in [-0.4, -0.2) is 28.6 Å². The zero-order valence-corrected chi connectivity index (χ0v) is 15.9. The molecule has 29 heavy (non-hydrogen) atoms. The van der Waals surface area contributed by atoms with Crippen LogP contribution in [0.2, 0.25) is 0 Å². The number of Topliss-reactive ketones (excluding diaryl/α,β-unsaturated/α-hetero) is 1. The lowest BCUT2D eigenvalue weighted by Crippen LogP contribution is -2.32. The van der Waals surface area contributed by atoms with E-state index in [0.29, 0.717) is 16.8 Å². The van der Waals surface area contributed by atoms with Gasteiger partial charge in [-0.15, -0.1) is 0 Å². The fourth-order valence-electron chi connectivity index (χ4n) is 3.13. The number of benzene rings is 2. The summed E-state index contributed by atoms with van der Waals surface area (Å²) in [5, 5.41) is 0. The summed E-state index contributed by atoms with van der Waals surface area (Å²) in [4.78, 5) is 30.9. The van der Waals surface area contributed by atoms with Gasteiger partial charge in [0.2, 0.25) is 5.91 Å². The lowest BCUT2D eigenvalue weighted by Gasteiger charge is -2.28. The monoisotopic (exact) mass is 394 g/mol. The number of ketones is 1. The van der Waals surface area contributed by atoms with Gasteiger partial charge in [-0.3, -0.25) is 14.6 Å². The van der Waals surface area contributed by atoms with Gasteiger partial charge < -0.3 is 4.90 Å². The molecule has 0 aliphatic rings. The predicted molar refractivity (Wildman–Crippen MR) is 105 cm³/mol. The molecule has 0 spiro atoms. The molecule has 0 aliphatic carbocycles. The van der Waals surface area contributed by atoms with E-state index < -0.39 is 17.7 Å². The van der Waals surface area contributed by atoms with Crippen LogP contribution in [0.5, 0.6) is 0 Å². The molecule has 1 heterocycles. The number of hydrogen-bond acceptors (Lipinski definition) is 3. The van der Waals surface area contributed by atoms with Crippen molar-refractivity contribution in [1.29, 1.82) is 0 Å². The molecule has 3 rings (SSSR count). The molecule has 0 N–H and O–H groups in total. The Labute approximate surface area is 167 Å². The molecule has 0 saturated heterocycles. The number of halogens is 2. The van der Waals surface area contributed by atoms with Crippen LogP contribution in [0, 0.1) is 11.6 Å². The van der Waals surface area contributed by atoms with E-state index in [1.807, 2.05) is 0 Å². The average Bonchev–Trinajstić information content (AvgIpc) is 2.73. The number of hydrogen-bond donors (Lipinski definition) is 0. The van der Waals surface area contributed by atoms with Crippen LogP contribution in [0.3, 0.4) is 0 Å². The number of pyridine rings is 1. The topological polar surface area (TPSA) is 50.3 Å². The van der Waals surface area contributed by atoms with E-state index in [2.05, 4.69) is 4.98 Å². The number of carbonyl (C=O) groups is 2. The molecule has 0 aliphatic heterocycles. The molecule has 0 radical (unpaired) electrons. The maximum absolute atomic E-state index is 13.8. The Hall–Kier alpha value is -3.41. The lowest BCUT2D eigenvalue weighted by molar-refractivity contribution is -0.131. The highest BCUT2D eigenvalue weighted by Crippen LogP contribution is 2.27. The van der Waals surface area contributed by atoms with Crippen molar-refractivity contribution < 1.29 is 18.4 Å². The van der Waals surface area contributed by atoms with Crippen molar-refractivity contribution in [3.8, 4) is 0 Å². The summed E-state index contributed by atoms with van der Waals surface area (Å²) in [5.41, 5.74) is 1.54. The van der Waals surface area contributed by atoms with Crippen molar-refractivity contribution in [3.05, 3.63) is 101 Å². The molecule has 0 bridgehead atoms. The van der Waals surface area contributed by atoms with Gasteiger partial charge in [-0.05, 0) is 54.1 Å². The second kappa shape index (κ2) is 9.19. The van der Waals surface area contributed by atoms with Gasteiger partial charge in [0.05, 0.1) is 11.7 Å². The van der Waals surface area contributed by atoms with Gasteiger partial charge >= 0.3 is 0 Å². The van der Waals surface area contributed by atoms with E-state index in [0.717, 1.165) is 0 Å². The first-order chi connectivity index (χ1) is 14.0. The molecule has 1 aromatic heterocycles. The van der Waals surface area contributed by atoms with E-state index in [4.69, 9.17) is 0 Å². The summed E-state index contributed by atoms with van der Waals surface area (Å²) in [6.45, 7) is 0. The number of carbonyl (C=O) groups excluding carboxylic acids is 2. The van der Waals surface area contributed by atoms with Gasteiger partial charge in [0.1, 0.15) is 11.6 Å². The number of aromatic nitrogens is 1. The van der Waals surface area contributed by atoms with Crippen molar-refractivity contribution in [1.82, 2.24) is 9.88 Å². The van der Waals surface area contributed by atoms with Crippen molar-refractivity contribution in [2.45, 2.75) is 18.9 Å². The van der Waals surface area contributed by atoms with Crippen molar-refractivity contribution in [3.63, 3.8) is 0 Å². The fourth-order valence-corrected chi connectivity index (χ4v) is 3.13. The minimum atomic E-state index is -0.583. The summed E-state index contributed by atoms with van der Waals surface area (Å²) < 4.78 is 26.8. The molecule has 148 valence electrons. The Morgan fingerprint density at radius 1 is 0.931 bits per heavy atom. The molecular formula is C23H20F2N2O2. The maximum Gasteiger partial charge on any atom is 0.223 e. The summed E-state index contributed by atoms with van der Waals surface area (Å²) in [7, 11) is 1.61. The van der Waals surface area contributed by atoms with Crippen LogP contribution >= 0.6 is 0 Å². The first-order valence-electron chi connectivity index (χ1n) is 9.16. The third kappa shape index (κ3) is 5.10. The van der Waals surface area contributed by atoms with Gasteiger partial charge in [-0.1, -0.05) is 18.2 Å². The van der Waals surface area contributed by atoms with Crippen molar-refractivity contribution >= 4 is 11.7 Å². The third-order valence-corrected chi connectivity index (χ3v) is 4.65. The zero-order chi connectivity index (χ0) is 20.8. The van der Waals surface area contributed by atoms with Crippen LogP contribution in [-0.2, 0) is 4.79 Å². The first kappa shape index (κ1) is 20.3. The molecule has 1 atom stereocenters. The molecule has 6 heteroatoms. The van der Waals surface area contributed by atoms with Gasteiger partial charge in [0.25, 0.3) is 0 Å². The summed E-state index contributed by atoms with van der Waals surface area (Å²) >= 11 is 0. The fraction of sp³-hybridized carbons (Fsp3) is 0.174. The maximum atomic E-state index is 13.8. The van der Waals surface area contributed by atoms with E-state index in [1.165, 1.54) is 41.3 Å². The Morgan fingerprint density at radius 2 is 1.69 bits per heavy atom. The van der Waals surface area contributed by atoms with Crippen molar-refractivity contribution in [2.75, 3.05) is 7.05 Å². The quantitative estimate of drug-likeness (QED) is 0.552. The summed E-state index contributed by atoms with van der Waals surface area (Å²) in [6, 6.07) is 16.0. The molecule has 3 aromatic rings. The van der Waals surface area contributed by atoms with Crippen LogP contribution in [0.15, 0.2) is 72.9 Å². The lowest BCUT2D eigenvalue weighted by atomic mass is 10.0. The molecule has 4 nitrogen and oxygen atoms in total. The van der Waals surface area contributed by atoms with Crippen LogP contribution in [0.4, 0.5) is 8.78 Å². The summed E-state index contributed by atoms with van der Waals surface area (Å²) in [5.74, 6) is -1.35. The normalized spacial score (nSPS) is 11.7. The molecule has 1 amide bonds. The summed E-state index contributed by atoms with van der Waals surface area (Å²) in [6.07, 6.45) is 1.58. The second-order valence-corrected chi connectivity index (χ2v) is 6.65. The van der Waals surface area contributed by atoms with Gasteiger partial charge in [-0.2, -0.15) is 0 Å². The van der Waals surface area contributed by atoms with Crippen LogP contribution < -0.4 is 0 Å². The van der Waals surface area contributed by atoms with Gasteiger partial charge in [-0.25, -0.2) is 8.78 Å². The zero-order valence-electron chi connectivity index (χ0n) is 15.9.